The Morgan fingerprint density at radius 3 is 2.47 bits per heavy atom. The summed E-state index contributed by atoms with van der Waals surface area (Å²) >= 11 is 0. The van der Waals surface area contributed by atoms with Crippen LogP contribution in [0.3, 0.4) is 0 Å². The number of amides is 2. The molecule has 1 aliphatic carbocycles. The summed E-state index contributed by atoms with van der Waals surface area (Å²) in [4.78, 5) is 12.4. The van der Waals surface area contributed by atoms with E-state index in [0.717, 1.165) is 29.7 Å². The smallest absolute Gasteiger partial charge is 0.406 e. The van der Waals surface area contributed by atoms with Gasteiger partial charge in [-0.2, -0.15) is 0 Å². The zero-order valence-corrected chi connectivity index (χ0v) is 16.2. The standard InChI is InChI=1S/C22H21F3N2O3/c1-29-14-15-6-8-16(9-7-15)19-4-2-3-5-20(19)27-21(28)26-17-10-12-18(13-11-17)30-22(23,24)25/h2-8,10-13,16H,9,14H2,1H3,(H2,26,27,28). The first-order chi connectivity index (χ1) is 14.3. The molecule has 2 aromatic rings. The third kappa shape index (κ3) is 6.12. The molecule has 2 aromatic carbocycles. The fraction of sp³-hybridized carbons (Fsp3) is 0.227. The number of hydrogen-bond acceptors (Lipinski definition) is 3. The van der Waals surface area contributed by atoms with Crippen molar-refractivity contribution in [3.8, 4) is 5.75 Å². The Kier molecular flexibility index (Phi) is 6.79. The minimum atomic E-state index is -4.76. The van der Waals surface area contributed by atoms with Gasteiger partial charge in [0, 0.05) is 24.4 Å². The maximum atomic E-state index is 12.4. The van der Waals surface area contributed by atoms with Gasteiger partial charge in [-0.1, -0.05) is 36.4 Å². The van der Waals surface area contributed by atoms with Crippen LogP contribution in [-0.4, -0.2) is 26.1 Å². The lowest BCUT2D eigenvalue weighted by atomic mass is 9.89. The summed E-state index contributed by atoms with van der Waals surface area (Å²) in [5.74, 6) is -0.246. The third-order valence-electron chi connectivity index (χ3n) is 4.44. The highest BCUT2D eigenvalue weighted by Gasteiger charge is 2.31. The summed E-state index contributed by atoms with van der Waals surface area (Å²) in [5, 5.41) is 5.41. The van der Waals surface area contributed by atoms with Crippen molar-refractivity contribution in [3.63, 3.8) is 0 Å². The maximum Gasteiger partial charge on any atom is 0.573 e. The number of rotatable bonds is 6. The van der Waals surface area contributed by atoms with Crippen LogP contribution in [0.15, 0.2) is 72.3 Å². The molecule has 1 aliphatic rings. The molecule has 0 bridgehead atoms. The van der Waals surface area contributed by atoms with Gasteiger partial charge in [-0.3, -0.25) is 0 Å². The van der Waals surface area contributed by atoms with Crippen LogP contribution >= 0.6 is 0 Å². The van der Waals surface area contributed by atoms with Gasteiger partial charge >= 0.3 is 12.4 Å². The Morgan fingerprint density at radius 1 is 1.10 bits per heavy atom. The molecule has 8 heteroatoms. The van der Waals surface area contributed by atoms with Crippen LogP contribution in [0.25, 0.3) is 0 Å². The van der Waals surface area contributed by atoms with Gasteiger partial charge in [0.05, 0.1) is 6.61 Å². The predicted molar refractivity (Wildman–Crippen MR) is 109 cm³/mol. The minimum Gasteiger partial charge on any atom is -0.406 e. The molecular formula is C22H21F3N2O3. The van der Waals surface area contributed by atoms with Gasteiger partial charge in [0.25, 0.3) is 0 Å². The Hall–Kier alpha value is -3.26. The number of benzene rings is 2. The Balaban J connectivity index is 1.63. The van der Waals surface area contributed by atoms with E-state index in [-0.39, 0.29) is 11.7 Å². The summed E-state index contributed by atoms with van der Waals surface area (Å²) in [6.07, 6.45) is 2.22. The molecule has 0 fully saturated rings. The van der Waals surface area contributed by atoms with Crippen molar-refractivity contribution in [2.45, 2.75) is 18.7 Å². The first-order valence-corrected chi connectivity index (χ1v) is 9.23. The second-order valence-electron chi connectivity index (χ2n) is 6.65. The van der Waals surface area contributed by atoms with E-state index in [2.05, 4.69) is 27.5 Å². The number of nitrogens with one attached hydrogen (secondary N) is 2. The van der Waals surface area contributed by atoms with Crippen LogP contribution < -0.4 is 15.4 Å². The van der Waals surface area contributed by atoms with Crippen molar-refractivity contribution in [1.29, 1.82) is 0 Å². The Labute approximate surface area is 172 Å². The summed E-state index contributed by atoms with van der Waals surface area (Å²) in [6.45, 7) is 0.554. The molecule has 0 radical (unpaired) electrons. The average molecular weight is 418 g/mol. The lowest BCUT2D eigenvalue weighted by Crippen LogP contribution is -2.21. The number of anilines is 2. The van der Waals surface area contributed by atoms with E-state index in [1.165, 1.54) is 12.1 Å². The van der Waals surface area contributed by atoms with Crippen LogP contribution in [0, 0.1) is 0 Å². The monoisotopic (exact) mass is 418 g/mol. The fourth-order valence-corrected chi connectivity index (χ4v) is 3.13. The van der Waals surface area contributed by atoms with Gasteiger partial charge < -0.3 is 20.1 Å². The van der Waals surface area contributed by atoms with Gasteiger partial charge in [0.1, 0.15) is 5.75 Å². The highest BCUT2D eigenvalue weighted by Crippen LogP contribution is 2.32. The second kappa shape index (κ2) is 9.49. The summed E-state index contributed by atoms with van der Waals surface area (Å²) in [6, 6.07) is 11.9. The molecule has 0 saturated heterocycles. The van der Waals surface area contributed by atoms with Crippen LogP contribution in [0.2, 0.25) is 0 Å². The highest BCUT2D eigenvalue weighted by atomic mass is 19.4. The molecule has 0 saturated carbocycles. The first-order valence-electron chi connectivity index (χ1n) is 9.23. The number of ether oxygens (including phenoxy) is 2. The lowest BCUT2D eigenvalue weighted by molar-refractivity contribution is -0.274. The van der Waals surface area contributed by atoms with Gasteiger partial charge in [-0.15, -0.1) is 13.2 Å². The van der Waals surface area contributed by atoms with Crippen LogP contribution in [0.5, 0.6) is 5.75 Å². The van der Waals surface area contributed by atoms with E-state index >= 15 is 0 Å². The largest absolute Gasteiger partial charge is 0.573 e. The van der Waals surface area contributed by atoms with E-state index in [4.69, 9.17) is 4.74 Å². The van der Waals surface area contributed by atoms with Gasteiger partial charge in [-0.25, -0.2) is 4.79 Å². The predicted octanol–water partition coefficient (Wildman–Crippen LogP) is 5.85. The molecule has 2 N–H and O–H groups in total. The number of carbonyl (C=O) groups is 1. The molecule has 3 rings (SSSR count). The van der Waals surface area contributed by atoms with E-state index in [0.29, 0.717) is 18.0 Å². The van der Waals surface area contributed by atoms with E-state index < -0.39 is 12.4 Å². The maximum absolute atomic E-state index is 12.4. The minimum absolute atomic E-state index is 0.112. The number of hydrogen-bond donors (Lipinski definition) is 2. The number of halogens is 3. The average Bonchev–Trinajstić information content (AvgIpc) is 2.70. The van der Waals surface area contributed by atoms with E-state index in [9.17, 15) is 18.0 Å². The zero-order chi connectivity index (χ0) is 21.6. The van der Waals surface area contributed by atoms with Crippen molar-refractivity contribution < 1.29 is 27.4 Å². The number of carbonyl (C=O) groups excluding carboxylic acids is 1. The molecule has 1 atom stereocenters. The van der Waals surface area contributed by atoms with Crippen molar-refractivity contribution in [1.82, 2.24) is 0 Å². The summed E-state index contributed by atoms with van der Waals surface area (Å²) in [7, 11) is 1.65. The van der Waals surface area contributed by atoms with E-state index in [1.807, 2.05) is 24.3 Å². The second-order valence-corrected chi connectivity index (χ2v) is 6.65. The Bertz CT molecular complexity index is 937. The van der Waals surface area contributed by atoms with Crippen molar-refractivity contribution in [2.24, 2.45) is 0 Å². The fourth-order valence-electron chi connectivity index (χ4n) is 3.13. The molecular weight excluding hydrogens is 397 g/mol. The first kappa shape index (κ1) is 21.4. The number of allylic oxidation sites excluding steroid dienone is 2. The zero-order valence-electron chi connectivity index (χ0n) is 16.2. The molecule has 0 aliphatic heterocycles. The number of methoxy groups -OCH3 is 1. The summed E-state index contributed by atoms with van der Waals surface area (Å²) < 4.78 is 45.6. The molecule has 0 spiro atoms. The van der Waals surface area contributed by atoms with Crippen molar-refractivity contribution in [3.05, 3.63) is 77.9 Å². The van der Waals surface area contributed by atoms with Crippen LogP contribution in [0.4, 0.5) is 29.3 Å². The van der Waals surface area contributed by atoms with Crippen molar-refractivity contribution in [2.75, 3.05) is 24.4 Å². The summed E-state index contributed by atoms with van der Waals surface area (Å²) in [5.41, 5.74) is 3.06. The van der Waals surface area contributed by atoms with E-state index in [1.54, 1.807) is 13.2 Å². The molecule has 1 unspecified atom stereocenters. The lowest BCUT2D eigenvalue weighted by Gasteiger charge is -2.20. The third-order valence-corrected chi connectivity index (χ3v) is 4.44. The topological polar surface area (TPSA) is 59.6 Å². The van der Waals surface area contributed by atoms with Gasteiger partial charge in [0.15, 0.2) is 0 Å². The molecule has 0 heterocycles. The number of urea groups is 1. The Morgan fingerprint density at radius 2 is 1.83 bits per heavy atom. The van der Waals surface area contributed by atoms with Gasteiger partial charge in [0.2, 0.25) is 0 Å². The normalized spacial score (nSPS) is 16.0. The van der Waals surface area contributed by atoms with Crippen LogP contribution in [0.1, 0.15) is 17.9 Å². The molecule has 158 valence electrons. The number of para-hydroxylation sites is 1. The quantitative estimate of drug-likeness (QED) is 0.619. The highest BCUT2D eigenvalue weighted by molar-refractivity contribution is 6.00. The van der Waals surface area contributed by atoms with Gasteiger partial charge in [-0.05, 0) is 47.9 Å². The molecule has 0 aromatic heterocycles. The molecule has 5 nitrogen and oxygen atoms in total. The van der Waals surface area contributed by atoms with Crippen molar-refractivity contribution >= 4 is 17.4 Å². The molecule has 30 heavy (non-hydrogen) atoms. The number of alkyl halides is 3. The SMILES string of the molecule is COCC1=CCC(c2ccccc2NC(=O)Nc2ccc(OC(F)(F)F)cc2)C=C1. The van der Waals surface area contributed by atoms with Crippen LogP contribution in [-0.2, 0) is 4.74 Å². The molecule has 2 amide bonds.